The van der Waals surface area contributed by atoms with Gasteiger partial charge in [0.05, 0.1) is 4.90 Å². The van der Waals surface area contributed by atoms with Crippen LogP contribution >= 0.6 is 0 Å². The number of anilines is 1. The van der Waals surface area contributed by atoms with E-state index in [1.54, 1.807) is 6.07 Å². The minimum Gasteiger partial charge on any atom is -0.384 e. The molecule has 1 aliphatic rings. The summed E-state index contributed by atoms with van der Waals surface area (Å²) in [6.07, 6.45) is -4.69. The molecule has 0 bridgehead atoms. The van der Waals surface area contributed by atoms with Gasteiger partial charge in [0.25, 0.3) is 0 Å². The monoisotopic (exact) mass is 308 g/mol. The van der Waals surface area contributed by atoms with Crippen molar-refractivity contribution in [1.29, 1.82) is 0 Å². The molecule has 1 aromatic carbocycles. The summed E-state index contributed by atoms with van der Waals surface area (Å²) in [6.45, 7) is 0.532. The average Bonchev–Trinajstić information content (AvgIpc) is 2.80. The molecule has 0 aliphatic carbocycles. The lowest BCUT2D eigenvalue weighted by Gasteiger charge is -2.09. The third-order valence-corrected chi connectivity index (χ3v) is 4.49. The highest BCUT2D eigenvalue weighted by molar-refractivity contribution is 7.89. The summed E-state index contributed by atoms with van der Waals surface area (Å²) in [7, 11) is -3.76. The summed E-state index contributed by atoms with van der Waals surface area (Å²) < 4.78 is 61.9. The van der Waals surface area contributed by atoms with E-state index in [2.05, 4.69) is 10.0 Å². The Bertz CT molecular complexity index is 585. The van der Waals surface area contributed by atoms with Crippen molar-refractivity contribution in [3.8, 4) is 0 Å². The van der Waals surface area contributed by atoms with Crippen LogP contribution in [-0.4, -0.2) is 27.7 Å². The predicted molar refractivity (Wildman–Crippen MR) is 69.1 cm³/mol. The Morgan fingerprint density at radius 3 is 2.75 bits per heavy atom. The first-order valence-corrected chi connectivity index (χ1v) is 7.69. The fourth-order valence-corrected chi connectivity index (χ4v) is 3.12. The van der Waals surface area contributed by atoms with Crippen LogP contribution in [0, 0.1) is 0 Å². The number of nitrogens with one attached hydrogen (secondary N) is 2. The second-order valence-electron chi connectivity index (χ2n) is 4.61. The first-order valence-electron chi connectivity index (χ1n) is 6.21. The maximum Gasteiger partial charge on any atom is 0.389 e. The summed E-state index contributed by atoms with van der Waals surface area (Å²) in [5.74, 6) is 0. The van der Waals surface area contributed by atoms with Crippen molar-refractivity contribution in [2.24, 2.45) is 0 Å². The molecule has 8 heteroatoms. The lowest BCUT2D eigenvalue weighted by molar-refractivity contribution is -0.135. The number of halogens is 3. The van der Waals surface area contributed by atoms with E-state index in [-0.39, 0.29) is 17.9 Å². The quantitative estimate of drug-likeness (QED) is 0.821. The lowest BCUT2D eigenvalue weighted by atomic mass is 10.2. The number of alkyl halides is 3. The van der Waals surface area contributed by atoms with Gasteiger partial charge in [-0.15, -0.1) is 0 Å². The van der Waals surface area contributed by atoms with Gasteiger partial charge in [-0.3, -0.25) is 0 Å². The van der Waals surface area contributed by atoms with Crippen molar-refractivity contribution in [3.05, 3.63) is 23.8 Å². The van der Waals surface area contributed by atoms with E-state index in [1.807, 2.05) is 0 Å². The molecular formula is C12H15F3N2O2S. The van der Waals surface area contributed by atoms with Crippen LogP contribution in [0.3, 0.4) is 0 Å². The average molecular weight is 308 g/mol. The van der Waals surface area contributed by atoms with Gasteiger partial charge in [-0.2, -0.15) is 13.2 Å². The highest BCUT2D eigenvalue weighted by atomic mass is 32.2. The van der Waals surface area contributed by atoms with Crippen LogP contribution in [0.5, 0.6) is 0 Å². The maximum atomic E-state index is 12.0. The Hall–Kier alpha value is -1.28. The van der Waals surface area contributed by atoms with Gasteiger partial charge in [-0.25, -0.2) is 13.1 Å². The summed E-state index contributed by atoms with van der Waals surface area (Å²) >= 11 is 0. The van der Waals surface area contributed by atoms with Crippen molar-refractivity contribution in [1.82, 2.24) is 4.72 Å². The van der Waals surface area contributed by atoms with E-state index in [1.165, 1.54) is 12.1 Å². The highest BCUT2D eigenvalue weighted by Gasteiger charge is 2.26. The molecule has 0 amide bonds. The smallest absolute Gasteiger partial charge is 0.384 e. The molecule has 2 rings (SSSR count). The number of benzene rings is 1. The van der Waals surface area contributed by atoms with Crippen molar-refractivity contribution in [2.45, 2.75) is 30.3 Å². The largest absolute Gasteiger partial charge is 0.389 e. The molecule has 1 aliphatic heterocycles. The van der Waals surface area contributed by atoms with E-state index in [0.717, 1.165) is 24.2 Å². The van der Waals surface area contributed by atoms with Gasteiger partial charge in [0.2, 0.25) is 10.0 Å². The van der Waals surface area contributed by atoms with Crippen LogP contribution in [0.4, 0.5) is 18.9 Å². The zero-order valence-electron chi connectivity index (χ0n) is 10.6. The molecule has 0 fully saturated rings. The van der Waals surface area contributed by atoms with Gasteiger partial charge in [-0.05, 0) is 30.5 Å². The molecule has 0 aromatic heterocycles. The van der Waals surface area contributed by atoms with Gasteiger partial charge in [0, 0.05) is 25.2 Å². The Morgan fingerprint density at radius 2 is 2.05 bits per heavy atom. The second kappa shape index (κ2) is 5.61. The van der Waals surface area contributed by atoms with E-state index in [9.17, 15) is 21.6 Å². The van der Waals surface area contributed by atoms with Crippen LogP contribution in [0.25, 0.3) is 0 Å². The molecule has 0 saturated carbocycles. The minimum atomic E-state index is -4.26. The summed E-state index contributed by atoms with van der Waals surface area (Å²) in [4.78, 5) is 0.0673. The van der Waals surface area contributed by atoms with E-state index >= 15 is 0 Å². The SMILES string of the molecule is O=S(=O)(NCCCC(F)(F)F)c1ccc2c(c1)NCC2. The van der Waals surface area contributed by atoms with E-state index in [4.69, 9.17) is 0 Å². The summed E-state index contributed by atoms with van der Waals surface area (Å²) in [5.41, 5.74) is 1.81. The molecule has 2 N–H and O–H groups in total. The number of sulfonamides is 1. The van der Waals surface area contributed by atoms with Crippen molar-refractivity contribution in [2.75, 3.05) is 18.4 Å². The third-order valence-electron chi connectivity index (χ3n) is 3.03. The van der Waals surface area contributed by atoms with Crippen LogP contribution in [0.2, 0.25) is 0 Å². The fourth-order valence-electron chi connectivity index (χ4n) is 2.02. The van der Waals surface area contributed by atoms with Crippen LogP contribution in [-0.2, 0) is 16.4 Å². The first kappa shape index (κ1) is 15.1. The van der Waals surface area contributed by atoms with Gasteiger partial charge in [0.15, 0.2) is 0 Å². The summed E-state index contributed by atoms with van der Waals surface area (Å²) in [6, 6.07) is 4.70. The number of hydrogen-bond acceptors (Lipinski definition) is 3. The molecule has 0 unspecified atom stereocenters. The zero-order valence-corrected chi connectivity index (χ0v) is 11.4. The number of hydrogen-bond donors (Lipinski definition) is 2. The van der Waals surface area contributed by atoms with Crippen LogP contribution in [0.1, 0.15) is 18.4 Å². The first-order chi connectivity index (χ1) is 9.28. The second-order valence-corrected chi connectivity index (χ2v) is 6.38. The van der Waals surface area contributed by atoms with Crippen molar-refractivity contribution < 1.29 is 21.6 Å². The van der Waals surface area contributed by atoms with Gasteiger partial charge in [0.1, 0.15) is 0 Å². The Labute approximate surface area is 115 Å². The van der Waals surface area contributed by atoms with Gasteiger partial charge < -0.3 is 5.32 Å². The molecule has 4 nitrogen and oxygen atoms in total. The molecule has 1 heterocycles. The molecule has 20 heavy (non-hydrogen) atoms. The van der Waals surface area contributed by atoms with Crippen molar-refractivity contribution >= 4 is 15.7 Å². The van der Waals surface area contributed by atoms with E-state index in [0.29, 0.717) is 0 Å². The number of fused-ring (bicyclic) bond motifs is 1. The molecule has 112 valence electrons. The predicted octanol–water partition coefficient (Wildman–Crippen LogP) is 2.28. The normalized spacial score (nSPS) is 14.9. The van der Waals surface area contributed by atoms with Crippen LogP contribution in [0.15, 0.2) is 23.1 Å². The van der Waals surface area contributed by atoms with Gasteiger partial charge in [-0.1, -0.05) is 6.07 Å². The Balaban J connectivity index is 1.97. The Kier molecular flexibility index (Phi) is 4.24. The minimum absolute atomic E-state index is 0.0673. The standard InChI is InChI=1S/C12H15F3N2O2S/c13-12(14,15)5-1-6-17-20(18,19)10-3-2-9-4-7-16-11(9)8-10/h2-3,8,16-17H,1,4-7H2. The van der Waals surface area contributed by atoms with Gasteiger partial charge >= 0.3 is 6.18 Å². The van der Waals surface area contributed by atoms with E-state index < -0.39 is 22.6 Å². The molecular weight excluding hydrogens is 293 g/mol. The molecule has 0 saturated heterocycles. The molecule has 0 radical (unpaired) electrons. The highest BCUT2D eigenvalue weighted by Crippen LogP contribution is 2.25. The third kappa shape index (κ3) is 3.86. The molecule has 0 spiro atoms. The van der Waals surface area contributed by atoms with Crippen LogP contribution < -0.4 is 10.0 Å². The zero-order chi connectivity index (χ0) is 14.8. The topological polar surface area (TPSA) is 58.2 Å². The number of rotatable bonds is 5. The van der Waals surface area contributed by atoms with Crippen molar-refractivity contribution in [3.63, 3.8) is 0 Å². The maximum absolute atomic E-state index is 12.0. The fraction of sp³-hybridized carbons (Fsp3) is 0.500. The molecule has 0 atom stereocenters. The summed E-state index contributed by atoms with van der Waals surface area (Å²) in [5, 5.41) is 3.06. The Morgan fingerprint density at radius 1 is 1.30 bits per heavy atom. The molecule has 1 aromatic rings. The lowest BCUT2D eigenvalue weighted by Crippen LogP contribution is -2.26.